The maximum Gasteiger partial charge on any atom is 0.241 e. The third-order valence-corrected chi connectivity index (χ3v) is 4.83. The Balaban J connectivity index is 3.07. The molecule has 0 fully saturated rings. The molecule has 7 heteroatoms. The second-order valence-corrected chi connectivity index (χ2v) is 6.59. The van der Waals surface area contributed by atoms with Gasteiger partial charge in [-0.2, -0.15) is 0 Å². The maximum absolute atomic E-state index is 13.1. The molecule has 1 aromatic carbocycles. The van der Waals surface area contributed by atoms with Crippen LogP contribution < -0.4 is 4.72 Å². The summed E-state index contributed by atoms with van der Waals surface area (Å²) in [4.78, 5) is -0.305. The van der Waals surface area contributed by atoms with E-state index in [4.69, 9.17) is 11.6 Å². The van der Waals surface area contributed by atoms with Crippen LogP contribution in [0.15, 0.2) is 23.1 Å². The SMILES string of the molecule is CCC(C)(CCCl)NS(=O)(=O)c1ccc(F)c(F)c1. The molecule has 1 aromatic rings. The molecule has 0 saturated heterocycles. The monoisotopic (exact) mass is 311 g/mol. The fourth-order valence-electron chi connectivity index (χ4n) is 1.54. The number of benzene rings is 1. The average Bonchev–Trinajstić information content (AvgIpc) is 2.32. The number of alkyl halides is 1. The van der Waals surface area contributed by atoms with Gasteiger partial charge < -0.3 is 0 Å². The van der Waals surface area contributed by atoms with Crippen LogP contribution in [0.4, 0.5) is 8.78 Å². The van der Waals surface area contributed by atoms with Crippen molar-refractivity contribution in [3.63, 3.8) is 0 Å². The van der Waals surface area contributed by atoms with Crippen molar-refractivity contribution < 1.29 is 17.2 Å². The van der Waals surface area contributed by atoms with E-state index in [0.717, 1.165) is 12.1 Å². The molecule has 19 heavy (non-hydrogen) atoms. The molecule has 0 spiro atoms. The molecule has 1 atom stereocenters. The highest BCUT2D eigenvalue weighted by Crippen LogP contribution is 2.21. The van der Waals surface area contributed by atoms with Crippen molar-refractivity contribution in [3.05, 3.63) is 29.8 Å². The first kappa shape index (κ1) is 16.3. The van der Waals surface area contributed by atoms with Gasteiger partial charge in [0.15, 0.2) is 11.6 Å². The number of halogens is 3. The molecule has 0 bridgehead atoms. The van der Waals surface area contributed by atoms with E-state index in [1.807, 2.05) is 6.92 Å². The summed E-state index contributed by atoms with van der Waals surface area (Å²) in [6.45, 7) is 3.53. The zero-order chi connectivity index (χ0) is 14.7. The Morgan fingerprint density at radius 1 is 1.32 bits per heavy atom. The Kier molecular flexibility index (Phi) is 5.29. The first-order valence-corrected chi connectivity index (χ1v) is 7.81. The third kappa shape index (κ3) is 4.12. The predicted octanol–water partition coefficient (Wildman–Crippen LogP) is 3.04. The lowest BCUT2D eigenvalue weighted by molar-refractivity contribution is 0.390. The van der Waals surface area contributed by atoms with Crippen LogP contribution in [0.5, 0.6) is 0 Å². The van der Waals surface area contributed by atoms with Gasteiger partial charge in [0.25, 0.3) is 0 Å². The summed E-state index contributed by atoms with van der Waals surface area (Å²) in [5, 5.41) is 0. The minimum atomic E-state index is -3.91. The number of hydrogen-bond donors (Lipinski definition) is 1. The largest absolute Gasteiger partial charge is 0.241 e. The highest BCUT2D eigenvalue weighted by Gasteiger charge is 2.29. The molecule has 1 rings (SSSR count). The lowest BCUT2D eigenvalue weighted by atomic mass is 9.97. The van der Waals surface area contributed by atoms with Crippen LogP contribution in [-0.4, -0.2) is 19.8 Å². The molecular weight excluding hydrogens is 296 g/mol. The van der Waals surface area contributed by atoms with Crippen LogP contribution in [0, 0.1) is 11.6 Å². The van der Waals surface area contributed by atoms with Gasteiger partial charge in [0.2, 0.25) is 10.0 Å². The average molecular weight is 312 g/mol. The van der Waals surface area contributed by atoms with Gasteiger partial charge in [0, 0.05) is 11.4 Å². The van der Waals surface area contributed by atoms with E-state index in [9.17, 15) is 17.2 Å². The Morgan fingerprint density at radius 3 is 2.42 bits per heavy atom. The van der Waals surface area contributed by atoms with Crippen LogP contribution in [0.25, 0.3) is 0 Å². The highest BCUT2D eigenvalue weighted by atomic mass is 35.5. The van der Waals surface area contributed by atoms with Gasteiger partial charge >= 0.3 is 0 Å². The van der Waals surface area contributed by atoms with E-state index in [1.165, 1.54) is 0 Å². The van der Waals surface area contributed by atoms with Gasteiger partial charge in [-0.25, -0.2) is 21.9 Å². The fraction of sp³-hybridized carbons (Fsp3) is 0.500. The van der Waals surface area contributed by atoms with Crippen molar-refractivity contribution in [2.75, 3.05) is 5.88 Å². The van der Waals surface area contributed by atoms with E-state index in [2.05, 4.69) is 4.72 Å². The van der Waals surface area contributed by atoms with E-state index in [0.29, 0.717) is 24.8 Å². The van der Waals surface area contributed by atoms with Gasteiger partial charge in [-0.15, -0.1) is 11.6 Å². The van der Waals surface area contributed by atoms with E-state index in [1.54, 1.807) is 6.92 Å². The summed E-state index contributed by atoms with van der Waals surface area (Å²) in [7, 11) is -3.91. The van der Waals surface area contributed by atoms with Gasteiger partial charge in [0.05, 0.1) is 4.90 Å². The normalized spacial score (nSPS) is 15.2. The van der Waals surface area contributed by atoms with Gasteiger partial charge in [-0.1, -0.05) is 6.92 Å². The van der Waals surface area contributed by atoms with Crippen LogP contribution >= 0.6 is 11.6 Å². The summed E-state index contributed by atoms with van der Waals surface area (Å²) in [6.07, 6.45) is 0.969. The maximum atomic E-state index is 13.1. The standard InChI is InChI=1S/C12H16ClF2NO2S/c1-3-12(2,6-7-13)16-19(17,18)9-4-5-10(14)11(15)8-9/h4-5,8,16H,3,6-7H2,1-2H3. The Bertz CT molecular complexity index is 551. The predicted molar refractivity (Wildman–Crippen MR) is 70.7 cm³/mol. The summed E-state index contributed by atoms with van der Waals surface area (Å²) in [5.74, 6) is -1.98. The fourth-order valence-corrected chi connectivity index (χ4v) is 3.47. The Labute approximate surface area is 117 Å². The molecule has 0 radical (unpaired) electrons. The van der Waals surface area contributed by atoms with Crippen molar-refractivity contribution in [3.8, 4) is 0 Å². The van der Waals surface area contributed by atoms with Crippen LogP contribution in [0.1, 0.15) is 26.7 Å². The van der Waals surface area contributed by atoms with Crippen LogP contribution in [-0.2, 0) is 10.0 Å². The summed E-state index contributed by atoms with van der Waals surface area (Å²) in [6, 6.07) is 2.47. The van der Waals surface area contributed by atoms with E-state index >= 15 is 0 Å². The van der Waals surface area contributed by atoms with Crippen LogP contribution in [0.3, 0.4) is 0 Å². The smallest absolute Gasteiger partial charge is 0.207 e. The number of nitrogens with one attached hydrogen (secondary N) is 1. The minimum absolute atomic E-state index is 0.296. The molecule has 0 amide bonds. The zero-order valence-electron chi connectivity index (χ0n) is 10.7. The number of sulfonamides is 1. The number of hydrogen-bond acceptors (Lipinski definition) is 2. The molecule has 0 aliphatic rings. The topological polar surface area (TPSA) is 46.2 Å². The van der Waals surface area contributed by atoms with Crippen molar-refractivity contribution in [2.24, 2.45) is 0 Å². The molecule has 0 aromatic heterocycles. The Morgan fingerprint density at radius 2 is 1.95 bits per heavy atom. The van der Waals surface area contributed by atoms with Gasteiger partial charge in [0.1, 0.15) is 0 Å². The quantitative estimate of drug-likeness (QED) is 0.821. The van der Waals surface area contributed by atoms with Crippen molar-refractivity contribution in [1.82, 2.24) is 4.72 Å². The molecule has 0 heterocycles. The van der Waals surface area contributed by atoms with Gasteiger partial charge in [-0.05, 0) is 38.0 Å². The molecule has 0 aliphatic heterocycles. The highest BCUT2D eigenvalue weighted by molar-refractivity contribution is 7.89. The zero-order valence-corrected chi connectivity index (χ0v) is 12.3. The van der Waals surface area contributed by atoms with Crippen LogP contribution in [0.2, 0.25) is 0 Å². The molecular formula is C12H16ClF2NO2S. The summed E-state index contributed by atoms with van der Waals surface area (Å²) in [5.41, 5.74) is -0.717. The van der Waals surface area contributed by atoms with E-state index in [-0.39, 0.29) is 4.90 Å². The van der Waals surface area contributed by atoms with Gasteiger partial charge in [-0.3, -0.25) is 0 Å². The lowest BCUT2D eigenvalue weighted by Gasteiger charge is -2.28. The second-order valence-electron chi connectivity index (χ2n) is 4.53. The van der Waals surface area contributed by atoms with Crippen molar-refractivity contribution >= 4 is 21.6 Å². The Hall–Kier alpha value is -0.720. The lowest BCUT2D eigenvalue weighted by Crippen LogP contribution is -2.45. The summed E-state index contributed by atoms with van der Waals surface area (Å²) < 4.78 is 52.6. The van der Waals surface area contributed by atoms with Crippen molar-refractivity contribution in [2.45, 2.75) is 37.1 Å². The minimum Gasteiger partial charge on any atom is -0.207 e. The first-order valence-electron chi connectivity index (χ1n) is 5.79. The first-order chi connectivity index (χ1) is 8.74. The van der Waals surface area contributed by atoms with E-state index < -0.39 is 27.2 Å². The molecule has 0 aliphatic carbocycles. The second kappa shape index (κ2) is 6.15. The molecule has 108 valence electrons. The van der Waals surface area contributed by atoms with Crippen molar-refractivity contribution in [1.29, 1.82) is 0 Å². The summed E-state index contributed by atoms with van der Waals surface area (Å²) >= 11 is 5.64. The molecule has 1 N–H and O–H groups in total. The molecule has 0 saturated carbocycles. The number of rotatable bonds is 6. The molecule has 1 unspecified atom stereocenters. The molecule has 3 nitrogen and oxygen atoms in total. The third-order valence-electron chi connectivity index (χ3n) is 3.01.